The monoisotopic (exact) mass is 287 g/mol. The average Bonchev–Trinajstić information content (AvgIpc) is 2.28. The largest absolute Gasteiger partial charge is 0.492 e. The number of carboxylic acids is 1. The zero-order valence-electron chi connectivity index (χ0n) is 10.8. The van der Waals surface area contributed by atoms with Gasteiger partial charge >= 0.3 is 5.97 Å². The van der Waals surface area contributed by atoms with E-state index in [1.165, 1.54) is 0 Å². The Morgan fingerprint density at radius 3 is 2.58 bits per heavy atom. The Bertz CT molecular complexity index is 565. The van der Waals surface area contributed by atoms with Crippen LogP contribution in [-0.4, -0.2) is 36.6 Å². The minimum atomic E-state index is -3.80. The van der Waals surface area contributed by atoms with Crippen LogP contribution in [0, 0.1) is 0 Å². The maximum atomic E-state index is 11.9. The second-order valence-corrected chi connectivity index (χ2v) is 7.21. The third kappa shape index (κ3) is 3.60. The molecule has 6 nitrogen and oxygen atoms in total. The summed E-state index contributed by atoms with van der Waals surface area (Å²) in [7, 11) is -3.80. The molecule has 0 amide bonds. The molecule has 0 spiro atoms. The first-order chi connectivity index (χ1) is 8.67. The summed E-state index contributed by atoms with van der Waals surface area (Å²) in [5.41, 5.74) is 6.05. The Kier molecular flexibility index (Phi) is 4.41. The lowest BCUT2D eigenvalue weighted by atomic mass is 10.2. The molecular formula is C12H17NO5S. The van der Waals surface area contributed by atoms with Gasteiger partial charge in [-0.05, 0) is 26.0 Å². The van der Waals surface area contributed by atoms with E-state index in [0.717, 1.165) is 13.8 Å². The number of hydrogen-bond acceptors (Lipinski definition) is 5. The van der Waals surface area contributed by atoms with E-state index in [-0.39, 0.29) is 12.4 Å². The van der Waals surface area contributed by atoms with E-state index in [2.05, 4.69) is 0 Å². The number of anilines is 1. The fraction of sp³-hybridized carbons (Fsp3) is 0.417. The molecule has 0 radical (unpaired) electrons. The van der Waals surface area contributed by atoms with Crippen LogP contribution < -0.4 is 10.5 Å². The second-order valence-electron chi connectivity index (χ2n) is 4.56. The average molecular weight is 287 g/mol. The van der Waals surface area contributed by atoms with E-state index in [0.29, 0.717) is 11.4 Å². The first-order valence-electron chi connectivity index (χ1n) is 5.61. The lowest BCUT2D eigenvalue weighted by Gasteiger charge is -2.19. The number of carboxylic acid groups (broad SMARTS) is 1. The maximum absolute atomic E-state index is 11.9. The molecule has 0 bridgehead atoms. The van der Waals surface area contributed by atoms with Crippen molar-refractivity contribution in [1.82, 2.24) is 0 Å². The molecule has 0 atom stereocenters. The third-order valence-electron chi connectivity index (χ3n) is 2.77. The van der Waals surface area contributed by atoms with Gasteiger partial charge in [-0.1, -0.05) is 6.07 Å². The molecule has 0 unspecified atom stereocenters. The van der Waals surface area contributed by atoms with Gasteiger partial charge in [-0.2, -0.15) is 0 Å². The van der Waals surface area contributed by atoms with Crippen molar-refractivity contribution in [2.75, 3.05) is 18.1 Å². The van der Waals surface area contributed by atoms with Gasteiger partial charge in [0.15, 0.2) is 14.6 Å². The quantitative estimate of drug-likeness (QED) is 0.754. The first kappa shape index (κ1) is 15.3. The summed E-state index contributed by atoms with van der Waals surface area (Å²) in [6, 6.07) is 6.57. The predicted octanol–water partition coefficient (Wildman–Crippen LogP) is 0.926. The lowest BCUT2D eigenvalue weighted by Crippen LogP contribution is -2.42. The van der Waals surface area contributed by atoms with Gasteiger partial charge in [-0.3, -0.25) is 4.79 Å². The van der Waals surface area contributed by atoms with Crippen LogP contribution in [0.2, 0.25) is 0 Å². The third-order valence-corrected chi connectivity index (χ3v) is 5.21. The molecule has 3 N–H and O–H groups in total. The normalized spacial score (nSPS) is 12.1. The molecule has 0 fully saturated rings. The second kappa shape index (κ2) is 5.48. The van der Waals surface area contributed by atoms with E-state index in [1.807, 2.05) is 0 Å². The highest BCUT2D eigenvalue weighted by molar-refractivity contribution is 7.93. The number of nitrogens with two attached hydrogens (primary N) is 1. The van der Waals surface area contributed by atoms with Gasteiger partial charge in [0.25, 0.3) is 0 Å². The molecule has 7 heteroatoms. The van der Waals surface area contributed by atoms with Gasteiger partial charge < -0.3 is 15.6 Å². The summed E-state index contributed by atoms with van der Waals surface area (Å²) in [5, 5.41) is 8.89. The van der Waals surface area contributed by atoms with E-state index in [9.17, 15) is 13.2 Å². The Hall–Kier alpha value is -1.76. The van der Waals surface area contributed by atoms with Crippen molar-refractivity contribution in [3.8, 4) is 5.75 Å². The maximum Gasteiger partial charge on any atom is 0.324 e. The van der Waals surface area contributed by atoms with Crippen LogP contribution >= 0.6 is 0 Å². The van der Waals surface area contributed by atoms with Crippen molar-refractivity contribution in [2.24, 2.45) is 0 Å². The molecule has 0 aromatic heterocycles. The van der Waals surface area contributed by atoms with Crippen LogP contribution in [0.15, 0.2) is 24.3 Å². The van der Waals surface area contributed by atoms with Crippen molar-refractivity contribution in [1.29, 1.82) is 0 Å². The molecule has 1 rings (SSSR count). The van der Waals surface area contributed by atoms with Crippen molar-refractivity contribution in [3.63, 3.8) is 0 Å². The Labute approximate surface area is 112 Å². The number of benzene rings is 1. The summed E-state index contributed by atoms with van der Waals surface area (Å²) >= 11 is 0. The number of aliphatic carboxylic acids is 1. The van der Waals surface area contributed by atoms with Crippen molar-refractivity contribution in [2.45, 2.75) is 18.6 Å². The summed E-state index contributed by atoms with van der Waals surface area (Å²) in [4.78, 5) is 10.9. The molecule has 0 aliphatic heterocycles. The highest BCUT2D eigenvalue weighted by Crippen LogP contribution is 2.19. The molecular weight excluding hydrogens is 270 g/mol. The van der Waals surface area contributed by atoms with Gasteiger partial charge in [0.05, 0.1) is 5.75 Å². The van der Waals surface area contributed by atoms with Gasteiger partial charge in [0.2, 0.25) is 0 Å². The number of sulfone groups is 1. The van der Waals surface area contributed by atoms with Crippen molar-refractivity contribution < 1.29 is 23.1 Å². The number of ether oxygens (including phenoxy) is 1. The fourth-order valence-corrected chi connectivity index (χ4v) is 2.34. The number of carbonyl (C=O) groups is 1. The Morgan fingerprint density at radius 2 is 2.05 bits per heavy atom. The molecule has 1 aromatic carbocycles. The summed E-state index contributed by atoms with van der Waals surface area (Å²) in [5.74, 6) is -1.30. The molecule has 0 saturated carbocycles. The van der Waals surface area contributed by atoms with Crippen molar-refractivity contribution >= 4 is 21.5 Å². The van der Waals surface area contributed by atoms with Crippen LogP contribution in [0.25, 0.3) is 0 Å². The summed E-state index contributed by atoms with van der Waals surface area (Å²) in [6.07, 6.45) is 0. The standard InChI is InChI=1S/C12H17NO5S/c1-12(2,11(14)15)19(16,17)7-6-18-10-5-3-4-9(13)8-10/h3-5,8H,6-7,13H2,1-2H3,(H,14,15). The smallest absolute Gasteiger partial charge is 0.324 e. The van der Waals surface area contributed by atoms with Crippen LogP contribution in [0.5, 0.6) is 5.75 Å². The SMILES string of the molecule is CC(C)(C(=O)O)S(=O)(=O)CCOc1cccc(N)c1. The first-order valence-corrected chi connectivity index (χ1v) is 7.26. The zero-order chi connectivity index (χ0) is 14.7. The molecule has 0 aliphatic rings. The van der Waals surface area contributed by atoms with E-state index >= 15 is 0 Å². The lowest BCUT2D eigenvalue weighted by molar-refractivity contribution is -0.139. The van der Waals surface area contributed by atoms with E-state index in [1.54, 1.807) is 24.3 Å². The molecule has 19 heavy (non-hydrogen) atoms. The molecule has 0 saturated heterocycles. The summed E-state index contributed by atoms with van der Waals surface area (Å²) in [6.45, 7) is 2.19. The van der Waals surface area contributed by atoms with Gasteiger partial charge in [-0.15, -0.1) is 0 Å². The fourth-order valence-electron chi connectivity index (χ4n) is 1.26. The van der Waals surface area contributed by atoms with Gasteiger partial charge in [-0.25, -0.2) is 8.42 Å². The van der Waals surface area contributed by atoms with Crippen molar-refractivity contribution in [3.05, 3.63) is 24.3 Å². The Balaban J connectivity index is 2.65. The predicted molar refractivity (Wildman–Crippen MR) is 71.9 cm³/mol. The topological polar surface area (TPSA) is 107 Å². The van der Waals surface area contributed by atoms with E-state index in [4.69, 9.17) is 15.6 Å². The summed E-state index contributed by atoms with van der Waals surface area (Å²) < 4.78 is 27.1. The van der Waals surface area contributed by atoms with Gasteiger partial charge in [0.1, 0.15) is 12.4 Å². The van der Waals surface area contributed by atoms with Crippen LogP contribution in [0.4, 0.5) is 5.69 Å². The molecule has 1 aromatic rings. The van der Waals surface area contributed by atoms with Crippen LogP contribution in [0.3, 0.4) is 0 Å². The highest BCUT2D eigenvalue weighted by atomic mass is 32.2. The molecule has 0 aliphatic carbocycles. The van der Waals surface area contributed by atoms with Crippen LogP contribution in [0.1, 0.15) is 13.8 Å². The Morgan fingerprint density at radius 1 is 1.42 bits per heavy atom. The number of nitrogen functional groups attached to an aromatic ring is 1. The highest BCUT2D eigenvalue weighted by Gasteiger charge is 2.41. The zero-order valence-corrected chi connectivity index (χ0v) is 11.6. The minimum Gasteiger partial charge on any atom is -0.492 e. The number of hydrogen-bond donors (Lipinski definition) is 2. The van der Waals surface area contributed by atoms with Crippen LogP contribution in [-0.2, 0) is 14.6 Å². The number of rotatable bonds is 6. The van der Waals surface area contributed by atoms with E-state index < -0.39 is 20.6 Å². The molecule has 0 heterocycles. The molecule has 106 valence electrons. The minimum absolute atomic E-state index is 0.123. The van der Waals surface area contributed by atoms with Gasteiger partial charge in [0, 0.05) is 11.8 Å².